The second kappa shape index (κ2) is 4.49. The number of methoxy groups -OCH3 is 1. The Bertz CT molecular complexity index is 532. The first-order chi connectivity index (χ1) is 8.15. The Kier molecular flexibility index (Phi) is 3.04. The molecule has 2 N–H and O–H groups in total. The van der Waals surface area contributed by atoms with Crippen LogP contribution in [0.4, 0.5) is 0 Å². The normalized spacial score (nSPS) is 10.5. The zero-order chi connectivity index (χ0) is 12.4. The lowest BCUT2D eigenvalue weighted by Gasteiger charge is -2.05. The van der Waals surface area contributed by atoms with E-state index in [1.165, 1.54) is 0 Å². The van der Waals surface area contributed by atoms with Crippen molar-refractivity contribution in [3.63, 3.8) is 0 Å². The van der Waals surface area contributed by atoms with Crippen molar-refractivity contribution in [2.24, 2.45) is 0 Å². The number of rotatable bonds is 3. The van der Waals surface area contributed by atoms with Crippen LogP contribution in [0.25, 0.3) is 11.4 Å². The van der Waals surface area contributed by atoms with Gasteiger partial charge in [0.05, 0.1) is 12.8 Å². The van der Waals surface area contributed by atoms with E-state index in [2.05, 4.69) is 9.97 Å². The Labute approximate surface area is 100 Å². The van der Waals surface area contributed by atoms with Gasteiger partial charge in [-0.2, -0.15) is 4.98 Å². The molecule has 0 aliphatic carbocycles. The molecule has 17 heavy (non-hydrogen) atoms. The molecule has 0 saturated heterocycles. The number of benzene rings is 1. The number of hydrogen-bond donors (Lipinski definition) is 2. The number of imidazole rings is 1. The van der Waals surface area contributed by atoms with Crippen LogP contribution in [0.5, 0.6) is 11.6 Å². The van der Waals surface area contributed by atoms with E-state index in [0.29, 0.717) is 5.82 Å². The first-order valence-corrected chi connectivity index (χ1v) is 5.58. The highest BCUT2D eigenvalue weighted by Gasteiger charge is 2.10. The van der Waals surface area contributed by atoms with E-state index in [9.17, 15) is 5.11 Å². The van der Waals surface area contributed by atoms with Crippen LogP contribution in [0.15, 0.2) is 18.2 Å². The average Bonchev–Trinajstić information content (AvgIpc) is 2.70. The molecule has 1 aromatic heterocycles. The summed E-state index contributed by atoms with van der Waals surface area (Å²) in [6.45, 7) is 3.95. The SMILES string of the molecule is CCc1[nH]c(-c2ccc(OC)c(C)c2)nc1O. The summed E-state index contributed by atoms with van der Waals surface area (Å²) < 4.78 is 5.21. The van der Waals surface area contributed by atoms with E-state index in [1.807, 2.05) is 32.0 Å². The van der Waals surface area contributed by atoms with Crippen molar-refractivity contribution in [1.82, 2.24) is 9.97 Å². The molecule has 0 bridgehead atoms. The lowest BCUT2D eigenvalue weighted by molar-refractivity contribution is 0.412. The summed E-state index contributed by atoms with van der Waals surface area (Å²) in [4.78, 5) is 7.22. The van der Waals surface area contributed by atoms with Crippen LogP contribution in [0, 0.1) is 6.92 Å². The second-order valence-electron chi connectivity index (χ2n) is 3.93. The van der Waals surface area contributed by atoms with Crippen molar-refractivity contribution < 1.29 is 9.84 Å². The molecule has 0 spiro atoms. The summed E-state index contributed by atoms with van der Waals surface area (Å²) in [5.74, 6) is 1.61. The van der Waals surface area contributed by atoms with Crippen LogP contribution in [0.2, 0.25) is 0 Å². The van der Waals surface area contributed by atoms with Crippen molar-refractivity contribution >= 4 is 0 Å². The van der Waals surface area contributed by atoms with Crippen molar-refractivity contribution in [1.29, 1.82) is 0 Å². The Balaban J connectivity index is 2.42. The average molecular weight is 232 g/mol. The maximum absolute atomic E-state index is 9.60. The molecule has 0 unspecified atom stereocenters. The molecule has 1 aromatic carbocycles. The minimum absolute atomic E-state index is 0.0796. The highest BCUT2D eigenvalue weighted by molar-refractivity contribution is 5.60. The van der Waals surface area contributed by atoms with Gasteiger partial charge in [-0.05, 0) is 37.1 Å². The number of hydrogen-bond acceptors (Lipinski definition) is 3. The molecule has 0 radical (unpaired) electrons. The number of nitrogens with one attached hydrogen (secondary N) is 1. The summed E-state index contributed by atoms with van der Waals surface area (Å²) >= 11 is 0. The third-order valence-electron chi connectivity index (χ3n) is 2.78. The third kappa shape index (κ3) is 2.11. The molecule has 0 fully saturated rings. The molecular weight excluding hydrogens is 216 g/mol. The Hall–Kier alpha value is -1.97. The second-order valence-corrected chi connectivity index (χ2v) is 3.93. The van der Waals surface area contributed by atoms with Gasteiger partial charge in [-0.25, -0.2) is 0 Å². The highest BCUT2D eigenvalue weighted by atomic mass is 16.5. The number of aromatic hydroxyl groups is 1. The molecule has 0 saturated carbocycles. The summed E-state index contributed by atoms with van der Waals surface area (Å²) in [5.41, 5.74) is 2.74. The van der Waals surface area contributed by atoms with Gasteiger partial charge in [-0.1, -0.05) is 6.92 Å². The van der Waals surface area contributed by atoms with Crippen LogP contribution >= 0.6 is 0 Å². The van der Waals surface area contributed by atoms with Gasteiger partial charge >= 0.3 is 0 Å². The van der Waals surface area contributed by atoms with Crippen molar-refractivity contribution in [3.8, 4) is 23.0 Å². The molecule has 4 nitrogen and oxygen atoms in total. The molecule has 0 atom stereocenters. The number of nitrogens with zero attached hydrogens (tertiary/aromatic N) is 1. The minimum Gasteiger partial charge on any atom is -0.496 e. The number of H-pyrrole nitrogens is 1. The van der Waals surface area contributed by atoms with Gasteiger partial charge in [0.25, 0.3) is 0 Å². The van der Waals surface area contributed by atoms with E-state index in [1.54, 1.807) is 7.11 Å². The zero-order valence-electron chi connectivity index (χ0n) is 10.2. The Morgan fingerprint density at radius 2 is 2.18 bits per heavy atom. The number of aryl methyl sites for hydroxylation is 2. The van der Waals surface area contributed by atoms with Crippen molar-refractivity contribution in [2.45, 2.75) is 20.3 Å². The number of aromatic amines is 1. The summed E-state index contributed by atoms with van der Waals surface area (Å²) in [7, 11) is 1.65. The highest BCUT2D eigenvalue weighted by Crippen LogP contribution is 2.26. The molecular formula is C13H16N2O2. The molecule has 2 rings (SSSR count). The monoisotopic (exact) mass is 232 g/mol. The van der Waals surface area contributed by atoms with Crippen LogP contribution in [0.1, 0.15) is 18.2 Å². The molecule has 90 valence electrons. The van der Waals surface area contributed by atoms with E-state index < -0.39 is 0 Å². The van der Waals surface area contributed by atoms with E-state index in [0.717, 1.165) is 29.0 Å². The lowest BCUT2D eigenvalue weighted by Crippen LogP contribution is -1.88. The Morgan fingerprint density at radius 1 is 1.41 bits per heavy atom. The first-order valence-electron chi connectivity index (χ1n) is 5.58. The number of aromatic nitrogens is 2. The van der Waals surface area contributed by atoms with Gasteiger partial charge in [0.15, 0.2) is 0 Å². The van der Waals surface area contributed by atoms with Gasteiger partial charge in [0.1, 0.15) is 11.6 Å². The van der Waals surface area contributed by atoms with Crippen LogP contribution in [-0.4, -0.2) is 22.2 Å². The quantitative estimate of drug-likeness (QED) is 0.855. The molecule has 2 aromatic rings. The lowest BCUT2D eigenvalue weighted by atomic mass is 10.1. The predicted octanol–water partition coefficient (Wildman–Crippen LogP) is 2.66. The van der Waals surface area contributed by atoms with Crippen molar-refractivity contribution in [3.05, 3.63) is 29.5 Å². The van der Waals surface area contributed by atoms with E-state index in [4.69, 9.17) is 4.74 Å². The fourth-order valence-corrected chi connectivity index (χ4v) is 1.81. The van der Waals surface area contributed by atoms with Gasteiger partial charge < -0.3 is 14.8 Å². The third-order valence-corrected chi connectivity index (χ3v) is 2.78. The van der Waals surface area contributed by atoms with Crippen LogP contribution in [-0.2, 0) is 6.42 Å². The molecule has 0 aliphatic heterocycles. The van der Waals surface area contributed by atoms with E-state index in [-0.39, 0.29) is 5.88 Å². The largest absolute Gasteiger partial charge is 0.496 e. The van der Waals surface area contributed by atoms with Gasteiger partial charge in [-0.3, -0.25) is 0 Å². The van der Waals surface area contributed by atoms with Gasteiger partial charge in [-0.15, -0.1) is 0 Å². The fourth-order valence-electron chi connectivity index (χ4n) is 1.81. The first kappa shape index (κ1) is 11.5. The fraction of sp³-hybridized carbons (Fsp3) is 0.308. The molecule has 0 amide bonds. The van der Waals surface area contributed by atoms with Crippen LogP contribution in [0.3, 0.4) is 0 Å². The molecule has 1 heterocycles. The molecule has 4 heteroatoms. The summed E-state index contributed by atoms with van der Waals surface area (Å²) in [5, 5.41) is 9.60. The standard InChI is InChI=1S/C13H16N2O2/c1-4-10-13(16)15-12(14-10)9-5-6-11(17-3)8(2)7-9/h5-7,16H,4H2,1-3H3,(H,14,15). The summed E-state index contributed by atoms with van der Waals surface area (Å²) in [6, 6.07) is 5.80. The Morgan fingerprint density at radius 3 is 2.71 bits per heavy atom. The predicted molar refractivity (Wildman–Crippen MR) is 66.4 cm³/mol. The summed E-state index contributed by atoms with van der Waals surface area (Å²) in [6.07, 6.45) is 0.730. The van der Waals surface area contributed by atoms with Gasteiger partial charge in [0.2, 0.25) is 5.88 Å². The maximum Gasteiger partial charge on any atom is 0.232 e. The minimum atomic E-state index is 0.0796. The van der Waals surface area contributed by atoms with Crippen LogP contribution < -0.4 is 4.74 Å². The topological polar surface area (TPSA) is 58.1 Å². The van der Waals surface area contributed by atoms with E-state index >= 15 is 0 Å². The smallest absolute Gasteiger partial charge is 0.232 e. The number of ether oxygens (including phenoxy) is 1. The maximum atomic E-state index is 9.60. The zero-order valence-corrected chi connectivity index (χ0v) is 10.2. The van der Waals surface area contributed by atoms with Crippen molar-refractivity contribution in [2.75, 3.05) is 7.11 Å². The molecule has 0 aliphatic rings. The van der Waals surface area contributed by atoms with Gasteiger partial charge in [0, 0.05) is 5.56 Å².